The zero-order valence-electron chi connectivity index (χ0n) is 19.4. The number of guanidine groups is 1. The molecule has 2 aliphatic heterocycles. The molecule has 174 valence electrons. The maximum absolute atomic E-state index is 12.8. The first kappa shape index (κ1) is 25.7. The molecule has 0 radical (unpaired) electrons. The lowest BCUT2D eigenvalue weighted by atomic mass is 9.88. The fourth-order valence-electron chi connectivity index (χ4n) is 5.21. The van der Waals surface area contributed by atoms with Gasteiger partial charge in [0.05, 0.1) is 6.54 Å². The van der Waals surface area contributed by atoms with Gasteiger partial charge in [0, 0.05) is 37.6 Å². The van der Waals surface area contributed by atoms with Crippen LogP contribution < -0.4 is 10.6 Å². The first-order valence-corrected chi connectivity index (χ1v) is 12.2. The quantitative estimate of drug-likeness (QED) is 0.299. The number of nitrogens with one attached hydrogen (secondary N) is 2. The highest BCUT2D eigenvalue weighted by molar-refractivity contribution is 14.0. The zero-order valence-corrected chi connectivity index (χ0v) is 21.7. The van der Waals surface area contributed by atoms with Crippen LogP contribution in [-0.2, 0) is 4.79 Å². The largest absolute Gasteiger partial charge is 0.357 e. The minimum Gasteiger partial charge on any atom is -0.357 e. The summed E-state index contributed by atoms with van der Waals surface area (Å²) in [5, 5.41) is 7.03. The normalized spacial score (nSPS) is 24.7. The number of likely N-dealkylation sites (tertiary alicyclic amines) is 2. The van der Waals surface area contributed by atoms with E-state index in [0.717, 1.165) is 51.4 Å². The minimum absolute atomic E-state index is 0. The lowest BCUT2D eigenvalue weighted by molar-refractivity contribution is -0.135. The van der Waals surface area contributed by atoms with Crippen LogP contribution in [0.15, 0.2) is 4.99 Å². The van der Waals surface area contributed by atoms with Crippen molar-refractivity contribution in [3.63, 3.8) is 0 Å². The van der Waals surface area contributed by atoms with Crippen molar-refractivity contribution in [3.05, 3.63) is 0 Å². The molecule has 0 aromatic carbocycles. The molecule has 2 N–H and O–H groups in total. The van der Waals surface area contributed by atoms with Gasteiger partial charge in [-0.3, -0.25) is 14.7 Å². The predicted octanol–water partition coefficient (Wildman–Crippen LogP) is 3.46. The number of carbonyl (C=O) groups excluding carboxylic acids is 1. The number of aliphatic imine (C=N–C) groups is 1. The highest BCUT2D eigenvalue weighted by Gasteiger charge is 2.32. The maximum atomic E-state index is 12.8. The molecule has 6 nitrogen and oxygen atoms in total. The third-order valence-electron chi connectivity index (χ3n) is 6.96. The van der Waals surface area contributed by atoms with Gasteiger partial charge >= 0.3 is 0 Å². The van der Waals surface area contributed by atoms with Crippen molar-refractivity contribution in [1.29, 1.82) is 0 Å². The Bertz CT molecular complexity index is 544. The lowest BCUT2D eigenvalue weighted by Gasteiger charge is -2.30. The number of carbonyl (C=O) groups is 1. The highest BCUT2D eigenvalue weighted by Crippen LogP contribution is 2.26. The molecule has 0 spiro atoms. The Morgan fingerprint density at radius 1 is 1.03 bits per heavy atom. The molecule has 30 heavy (non-hydrogen) atoms. The Labute approximate surface area is 201 Å². The molecule has 3 rings (SSSR count). The van der Waals surface area contributed by atoms with E-state index in [-0.39, 0.29) is 29.9 Å². The van der Waals surface area contributed by atoms with E-state index >= 15 is 0 Å². The molecule has 0 aromatic rings. The molecule has 1 aliphatic carbocycles. The summed E-state index contributed by atoms with van der Waals surface area (Å²) < 4.78 is 0. The van der Waals surface area contributed by atoms with E-state index in [1.54, 1.807) is 0 Å². The van der Waals surface area contributed by atoms with Crippen LogP contribution in [-0.4, -0.2) is 73.0 Å². The standard InChI is InChI=1S/C23H43N5O.HI/c1-4-24-23(25-16-21(18(2)3)27-13-8-9-14-27)26-20-12-15-28(17-20)22(29)19-10-6-5-7-11-19;/h18-21H,4-17H2,1-3H3,(H2,24,25,26);1H. The van der Waals surface area contributed by atoms with Gasteiger partial charge in [-0.2, -0.15) is 0 Å². The van der Waals surface area contributed by atoms with Crippen molar-refractivity contribution < 1.29 is 4.79 Å². The monoisotopic (exact) mass is 533 g/mol. The summed E-state index contributed by atoms with van der Waals surface area (Å²) in [4.78, 5) is 22.5. The molecular formula is C23H44IN5O. The van der Waals surface area contributed by atoms with Gasteiger partial charge in [0.2, 0.25) is 5.91 Å². The predicted molar refractivity (Wildman–Crippen MR) is 136 cm³/mol. The molecule has 2 saturated heterocycles. The Kier molecular flexibility index (Phi) is 11.2. The first-order chi connectivity index (χ1) is 14.1. The van der Waals surface area contributed by atoms with Crippen LogP contribution in [0, 0.1) is 11.8 Å². The fraction of sp³-hybridized carbons (Fsp3) is 0.913. The van der Waals surface area contributed by atoms with Crippen molar-refractivity contribution in [2.75, 3.05) is 39.3 Å². The van der Waals surface area contributed by atoms with Gasteiger partial charge in [0.25, 0.3) is 0 Å². The summed E-state index contributed by atoms with van der Waals surface area (Å²) in [5.74, 6) is 2.19. The molecule has 3 aliphatic rings. The Balaban J connectivity index is 0.00000320. The Morgan fingerprint density at radius 2 is 1.73 bits per heavy atom. The van der Waals surface area contributed by atoms with Gasteiger partial charge in [0.15, 0.2) is 5.96 Å². The summed E-state index contributed by atoms with van der Waals surface area (Å²) in [6.07, 6.45) is 9.56. The minimum atomic E-state index is 0. The number of halogens is 1. The lowest BCUT2D eigenvalue weighted by Crippen LogP contribution is -2.46. The van der Waals surface area contributed by atoms with E-state index < -0.39 is 0 Å². The second-order valence-corrected chi connectivity index (χ2v) is 9.52. The number of amides is 1. The first-order valence-electron chi connectivity index (χ1n) is 12.2. The maximum Gasteiger partial charge on any atom is 0.225 e. The SMILES string of the molecule is CCNC(=NCC(C(C)C)N1CCCC1)NC1CCN(C(=O)C2CCCCC2)C1.I. The Hall–Kier alpha value is -0.570. The van der Waals surface area contributed by atoms with Crippen molar-refractivity contribution in [1.82, 2.24) is 20.4 Å². The van der Waals surface area contributed by atoms with Gasteiger partial charge in [-0.1, -0.05) is 33.1 Å². The summed E-state index contributed by atoms with van der Waals surface area (Å²) in [5.41, 5.74) is 0. The molecule has 3 fully saturated rings. The van der Waals surface area contributed by atoms with Crippen LogP contribution in [0.25, 0.3) is 0 Å². The zero-order chi connectivity index (χ0) is 20.6. The number of hydrogen-bond acceptors (Lipinski definition) is 3. The second-order valence-electron chi connectivity index (χ2n) is 9.52. The van der Waals surface area contributed by atoms with Gasteiger partial charge in [0.1, 0.15) is 0 Å². The van der Waals surface area contributed by atoms with Gasteiger partial charge < -0.3 is 15.5 Å². The van der Waals surface area contributed by atoms with Crippen molar-refractivity contribution in [3.8, 4) is 0 Å². The summed E-state index contributed by atoms with van der Waals surface area (Å²) >= 11 is 0. The van der Waals surface area contributed by atoms with Crippen molar-refractivity contribution >= 4 is 35.8 Å². The van der Waals surface area contributed by atoms with Crippen LogP contribution in [0.5, 0.6) is 0 Å². The average Bonchev–Trinajstić information content (AvgIpc) is 3.40. The molecule has 2 atom stereocenters. The summed E-state index contributed by atoms with van der Waals surface area (Å²) in [6.45, 7) is 12.6. The third kappa shape index (κ3) is 7.24. The van der Waals surface area contributed by atoms with Gasteiger partial charge in [-0.25, -0.2) is 0 Å². The van der Waals surface area contributed by atoms with E-state index in [0.29, 0.717) is 23.9 Å². The van der Waals surface area contributed by atoms with E-state index in [2.05, 4.69) is 41.2 Å². The molecule has 1 amide bonds. The molecule has 0 aromatic heterocycles. The molecular weight excluding hydrogens is 489 g/mol. The molecule has 2 heterocycles. The van der Waals surface area contributed by atoms with E-state index in [1.165, 1.54) is 45.2 Å². The fourth-order valence-corrected chi connectivity index (χ4v) is 5.21. The number of rotatable bonds is 7. The van der Waals surface area contributed by atoms with Crippen LogP contribution in [0.2, 0.25) is 0 Å². The summed E-state index contributed by atoms with van der Waals surface area (Å²) in [6, 6.07) is 0.825. The van der Waals surface area contributed by atoms with Crippen LogP contribution in [0.1, 0.15) is 72.1 Å². The number of nitrogens with zero attached hydrogens (tertiary/aromatic N) is 3. The second kappa shape index (κ2) is 13.1. The van der Waals surface area contributed by atoms with Gasteiger partial charge in [-0.15, -0.1) is 24.0 Å². The Morgan fingerprint density at radius 3 is 2.37 bits per heavy atom. The van der Waals surface area contributed by atoms with Crippen LogP contribution in [0.3, 0.4) is 0 Å². The van der Waals surface area contributed by atoms with Gasteiger partial charge in [-0.05, 0) is 58.0 Å². The topological polar surface area (TPSA) is 60.0 Å². The summed E-state index contributed by atoms with van der Waals surface area (Å²) in [7, 11) is 0. The highest BCUT2D eigenvalue weighted by atomic mass is 127. The van der Waals surface area contributed by atoms with Crippen molar-refractivity contribution in [2.45, 2.75) is 84.2 Å². The molecule has 7 heteroatoms. The molecule has 1 saturated carbocycles. The van der Waals surface area contributed by atoms with Crippen molar-refractivity contribution in [2.24, 2.45) is 16.8 Å². The van der Waals surface area contributed by atoms with E-state index in [9.17, 15) is 4.79 Å². The average molecular weight is 534 g/mol. The molecule has 2 unspecified atom stereocenters. The number of hydrogen-bond donors (Lipinski definition) is 2. The van der Waals surface area contributed by atoms with E-state index in [4.69, 9.17) is 4.99 Å². The smallest absolute Gasteiger partial charge is 0.225 e. The van der Waals surface area contributed by atoms with Crippen LogP contribution >= 0.6 is 24.0 Å². The van der Waals surface area contributed by atoms with Crippen LogP contribution in [0.4, 0.5) is 0 Å². The molecule has 0 bridgehead atoms. The third-order valence-corrected chi connectivity index (χ3v) is 6.96. The van der Waals surface area contributed by atoms with E-state index in [1.807, 2.05) is 0 Å².